The number of methoxy groups -OCH3 is 1. The second-order valence-electron chi connectivity index (χ2n) is 2.72. The molecule has 0 bridgehead atoms. The summed E-state index contributed by atoms with van der Waals surface area (Å²) in [5.74, 6) is 0.545. The lowest BCUT2D eigenvalue weighted by Crippen LogP contribution is -2.02. The third-order valence-electron chi connectivity index (χ3n) is 1.82. The minimum absolute atomic E-state index is 0.462. The van der Waals surface area contributed by atoms with Gasteiger partial charge in [-0.25, -0.2) is 0 Å². The van der Waals surface area contributed by atoms with Crippen molar-refractivity contribution in [2.45, 2.75) is 0 Å². The quantitative estimate of drug-likeness (QED) is 0.496. The van der Waals surface area contributed by atoms with Gasteiger partial charge >= 0.3 is 0 Å². The normalized spacial score (nSPS) is 11.1. The van der Waals surface area contributed by atoms with Gasteiger partial charge in [0.2, 0.25) is 0 Å². The Hall–Kier alpha value is -1.97. The summed E-state index contributed by atoms with van der Waals surface area (Å²) < 4.78 is 5.12. The number of anilines is 1. The van der Waals surface area contributed by atoms with Crippen molar-refractivity contribution in [2.75, 3.05) is 12.8 Å². The van der Waals surface area contributed by atoms with Crippen LogP contribution in [-0.4, -0.2) is 13.3 Å². The second kappa shape index (κ2) is 4.32. The van der Waals surface area contributed by atoms with E-state index in [4.69, 9.17) is 21.6 Å². The molecular formula is C10H13N3O. The van der Waals surface area contributed by atoms with Gasteiger partial charge in [-0.1, -0.05) is 6.07 Å². The molecule has 0 aliphatic heterocycles. The van der Waals surface area contributed by atoms with Crippen LogP contribution in [0.1, 0.15) is 5.56 Å². The van der Waals surface area contributed by atoms with E-state index in [1.165, 1.54) is 13.2 Å². The lowest BCUT2D eigenvalue weighted by Gasteiger charge is -2.10. The Morgan fingerprint density at radius 1 is 1.50 bits per heavy atom. The molecule has 1 rings (SSSR count). The lowest BCUT2D eigenvalue weighted by molar-refractivity contribution is 0.415. The third-order valence-corrected chi connectivity index (χ3v) is 1.82. The van der Waals surface area contributed by atoms with Gasteiger partial charge in [0.15, 0.2) is 5.75 Å². The number of rotatable bonds is 3. The van der Waals surface area contributed by atoms with Crippen molar-refractivity contribution in [1.82, 2.24) is 0 Å². The molecule has 0 atom stereocenters. The Morgan fingerprint density at radius 2 is 2.21 bits per heavy atom. The van der Waals surface area contributed by atoms with Crippen LogP contribution in [-0.2, 0) is 0 Å². The molecule has 14 heavy (non-hydrogen) atoms. The van der Waals surface area contributed by atoms with Crippen LogP contribution in [0, 0.1) is 5.41 Å². The standard InChI is InChI=1S/C10H13N3O/c1-14-10-7(8(12)5-6-11)3-2-4-9(10)13/h2-6,11H,12-13H2,1H3/b8-5-,11-6?. The Morgan fingerprint density at radius 3 is 2.79 bits per heavy atom. The molecule has 5 N–H and O–H groups in total. The maximum absolute atomic E-state index is 6.91. The molecule has 4 heteroatoms. The number of hydrogen-bond acceptors (Lipinski definition) is 4. The molecule has 1 aromatic carbocycles. The van der Waals surface area contributed by atoms with E-state index in [0.29, 0.717) is 22.7 Å². The summed E-state index contributed by atoms with van der Waals surface area (Å²) >= 11 is 0. The smallest absolute Gasteiger partial charge is 0.151 e. The SMILES string of the molecule is COc1c(N)cccc1/C(N)=C/C=N. The van der Waals surface area contributed by atoms with Gasteiger partial charge in [0.25, 0.3) is 0 Å². The topological polar surface area (TPSA) is 85.1 Å². The molecule has 1 aromatic rings. The van der Waals surface area contributed by atoms with Gasteiger partial charge in [-0.15, -0.1) is 0 Å². The highest BCUT2D eigenvalue weighted by Crippen LogP contribution is 2.28. The fourth-order valence-electron chi connectivity index (χ4n) is 1.19. The van der Waals surface area contributed by atoms with E-state index in [0.717, 1.165) is 6.21 Å². The zero-order valence-corrected chi connectivity index (χ0v) is 7.95. The fraction of sp³-hybridized carbons (Fsp3) is 0.100. The van der Waals surface area contributed by atoms with E-state index in [1.807, 2.05) is 0 Å². The summed E-state index contributed by atoms with van der Waals surface area (Å²) in [6.07, 6.45) is 2.61. The summed E-state index contributed by atoms with van der Waals surface area (Å²) in [5, 5.41) is 6.91. The summed E-state index contributed by atoms with van der Waals surface area (Å²) in [4.78, 5) is 0. The number of ether oxygens (including phenoxy) is 1. The average Bonchev–Trinajstić information content (AvgIpc) is 2.17. The number of nitrogens with one attached hydrogen (secondary N) is 1. The molecule has 4 nitrogen and oxygen atoms in total. The summed E-state index contributed by atoms with van der Waals surface area (Å²) in [7, 11) is 1.53. The van der Waals surface area contributed by atoms with Gasteiger partial charge in [-0.2, -0.15) is 0 Å². The number of nitrogen functional groups attached to an aromatic ring is 1. The number of nitrogens with two attached hydrogens (primary N) is 2. The van der Waals surface area contributed by atoms with Crippen LogP contribution in [0.2, 0.25) is 0 Å². The van der Waals surface area contributed by atoms with E-state index >= 15 is 0 Å². The molecular weight excluding hydrogens is 178 g/mol. The highest BCUT2D eigenvalue weighted by Gasteiger charge is 2.07. The molecule has 0 fully saturated rings. The van der Waals surface area contributed by atoms with Crippen molar-refractivity contribution in [2.24, 2.45) is 5.73 Å². The molecule has 0 saturated heterocycles. The average molecular weight is 191 g/mol. The van der Waals surface area contributed by atoms with Crippen LogP contribution in [0.15, 0.2) is 24.3 Å². The molecule has 0 aromatic heterocycles. The molecule has 0 spiro atoms. The van der Waals surface area contributed by atoms with E-state index in [1.54, 1.807) is 18.2 Å². The third kappa shape index (κ3) is 1.85. The molecule has 74 valence electrons. The van der Waals surface area contributed by atoms with Crippen molar-refractivity contribution < 1.29 is 4.74 Å². The van der Waals surface area contributed by atoms with Crippen molar-refractivity contribution >= 4 is 17.6 Å². The minimum Gasteiger partial charge on any atom is -0.494 e. The highest BCUT2D eigenvalue weighted by molar-refractivity contribution is 5.84. The van der Waals surface area contributed by atoms with Crippen molar-refractivity contribution in [3.8, 4) is 5.75 Å². The summed E-state index contributed by atoms with van der Waals surface area (Å²) in [5.41, 5.74) is 13.1. The van der Waals surface area contributed by atoms with Crippen LogP contribution in [0.3, 0.4) is 0 Å². The predicted molar refractivity (Wildman–Crippen MR) is 58.4 cm³/mol. The first kappa shape index (κ1) is 10.1. The van der Waals surface area contributed by atoms with Crippen molar-refractivity contribution in [1.29, 1.82) is 5.41 Å². The van der Waals surface area contributed by atoms with Gasteiger partial charge in [-0.3, -0.25) is 0 Å². The molecule has 0 radical (unpaired) electrons. The van der Waals surface area contributed by atoms with Gasteiger partial charge in [0.05, 0.1) is 12.8 Å². The zero-order valence-electron chi connectivity index (χ0n) is 7.95. The number of hydrogen-bond donors (Lipinski definition) is 3. The van der Waals surface area contributed by atoms with E-state index < -0.39 is 0 Å². The Kier molecular flexibility index (Phi) is 3.12. The van der Waals surface area contributed by atoms with Gasteiger partial charge < -0.3 is 21.6 Å². The Bertz CT molecular complexity index is 372. The van der Waals surface area contributed by atoms with Crippen LogP contribution in [0.25, 0.3) is 5.70 Å². The monoisotopic (exact) mass is 191 g/mol. The number of allylic oxidation sites excluding steroid dienone is 1. The molecule has 0 aliphatic carbocycles. The molecule has 0 saturated carbocycles. The largest absolute Gasteiger partial charge is 0.494 e. The fourth-order valence-corrected chi connectivity index (χ4v) is 1.19. The lowest BCUT2D eigenvalue weighted by atomic mass is 10.1. The van der Waals surface area contributed by atoms with E-state index in [-0.39, 0.29) is 0 Å². The van der Waals surface area contributed by atoms with E-state index in [2.05, 4.69) is 0 Å². The van der Waals surface area contributed by atoms with E-state index in [9.17, 15) is 0 Å². The van der Waals surface area contributed by atoms with Gasteiger partial charge in [0.1, 0.15) is 0 Å². The maximum Gasteiger partial charge on any atom is 0.151 e. The highest BCUT2D eigenvalue weighted by atomic mass is 16.5. The summed E-state index contributed by atoms with van der Waals surface area (Å²) in [6, 6.07) is 5.32. The van der Waals surface area contributed by atoms with Gasteiger partial charge in [-0.05, 0) is 18.2 Å². The molecule has 0 aliphatic rings. The van der Waals surface area contributed by atoms with Crippen LogP contribution in [0.4, 0.5) is 5.69 Å². The Balaban J connectivity index is 3.26. The first-order chi connectivity index (χ1) is 6.70. The molecule has 0 unspecified atom stereocenters. The number of benzene rings is 1. The molecule has 0 heterocycles. The van der Waals surface area contributed by atoms with Crippen LogP contribution < -0.4 is 16.2 Å². The first-order valence-electron chi connectivity index (χ1n) is 4.09. The molecule has 0 amide bonds. The van der Waals surface area contributed by atoms with Crippen LogP contribution in [0.5, 0.6) is 5.75 Å². The second-order valence-corrected chi connectivity index (χ2v) is 2.72. The van der Waals surface area contributed by atoms with Crippen molar-refractivity contribution in [3.05, 3.63) is 29.8 Å². The van der Waals surface area contributed by atoms with Gasteiger partial charge in [0, 0.05) is 17.5 Å². The number of para-hydroxylation sites is 1. The first-order valence-corrected chi connectivity index (χ1v) is 4.09. The Labute approximate surface area is 82.7 Å². The van der Waals surface area contributed by atoms with Crippen molar-refractivity contribution in [3.63, 3.8) is 0 Å². The zero-order chi connectivity index (χ0) is 10.6. The van der Waals surface area contributed by atoms with Crippen LogP contribution >= 0.6 is 0 Å². The minimum atomic E-state index is 0.462. The predicted octanol–water partition coefficient (Wildman–Crippen LogP) is 1.23. The maximum atomic E-state index is 6.91. The summed E-state index contributed by atoms with van der Waals surface area (Å²) in [6.45, 7) is 0.